The molecule has 0 heterocycles. The standard InChI is InChI=1S/C13H20N2OS/c1-9(2)8-15-12(13(14)16)10-4-6-11(17-3)7-5-10/h4-7,9,12,15H,8H2,1-3H3,(H2,14,16). The lowest BCUT2D eigenvalue weighted by Crippen LogP contribution is -2.35. The zero-order chi connectivity index (χ0) is 12.8. The highest BCUT2D eigenvalue weighted by molar-refractivity contribution is 7.98. The third-order valence-electron chi connectivity index (χ3n) is 2.46. The van der Waals surface area contributed by atoms with Gasteiger partial charge >= 0.3 is 0 Å². The first-order valence-electron chi connectivity index (χ1n) is 5.71. The molecule has 0 fully saturated rings. The van der Waals surface area contributed by atoms with Gasteiger partial charge in [-0.25, -0.2) is 0 Å². The second-order valence-corrected chi connectivity index (χ2v) is 5.29. The van der Waals surface area contributed by atoms with Crippen LogP contribution < -0.4 is 11.1 Å². The third kappa shape index (κ3) is 4.40. The summed E-state index contributed by atoms with van der Waals surface area (Å²) in [6.45, 7) is 4.97. The molecule has 94 valence electrons. The van der Waals surface area contributed by atoms with Gasteiger partial charge in [0.15, 0.2) is 0 Å². The van der Waals surface area contributed by atoms with Gasteiger partial charge in [0.05, 0.1) is 0 Å². The predicted octanol–water partition coefficient (Wildman–Crippen LogP) is 2.18. The van der Waals surface area contributed by atoms with Crippen LogP contribution in [0.1, 0.15) is 25.5 Å². The molecule has 0 bridgehead atoms. The number of carbonyl (C=O) groups excluding carboxylic acids is 1. The summed E-state index contributed by atoms with van der Waals surface area (Å²) in [6.07, 6.45) is 2.03. The topological polar surface area (TPSA) is 55.1 Å². The van der Waals surface area contributed by atoms with Crippen molar-refractivity contribution in [2.24, 2.45) is 11.7 Å². The first-order chi connectivity index (χ1) is 8.04. The van der Waals surface area contributed by atoms with Crippen molar-refractivity contribution in [3.8, 4) is 0 Å². The summed E-state index contributed by atoms with van der Waals surface area (Å²) in [5.41, 5.74) is 6.35. The second-order valence-electron chi connectivity index (χ2n) is 4.41. The lowest BCUT2D eigenvalue weighted by Gasteiger charge is -2.17. The van der Waals surface area contributed by atoms with Crippen LogP contribution >= 0.6 is 11.8 Å². The fraction of sp³-hybridized carbons (Fsp3) is 0.462. The lowest BCUT2D eigenvalue weighted by molar-refractivity contribution is -0.120. The summed E-state index contributed by atoms with van der Waals surface area (Å²) in [6, 6.07) is 7.52. The Morgan fingerprint density at radius 1 is 1.35 bits per heavy atom. The number of thioether (sulfide) groups is 1. The van der Waals surface area contributed by atoms with Gasteiger partial charge in [0.25, 0.3) is 0 Å². The summed E-state index contributed by atoms with van der Waals surface area (Å²) < 4.78 is 0. The highest BCUT2D eigenvalue weighted by Gasteiger charge is 2.17. The number of hydrogen-bond acceptors (Lipinski definition) is 3. The van der Waals surface area contributed by atoms with Crippen LogP contribution in [0.25, 0.3) is 0 Å². The van der Waals surface area contributed by atoms with E-state index in [1.165, 1.54) is 4.90 Å². The van der Waals surface area contributed by atoms with E-state index >= 15 is 0 Å². The van der Waals surface area contributed by atoms with Gasteiger partial charge in [-0.05, 0) is 36.4 Å². The van der Waals surface area contributed by atoms with Gasteiger partial charge in [0.1, 0.15) is 6.04 Å². The Hall–Kier alpha value is -1.00. The van der Waals surface area contributed by atoms with Crippen LogP contribution in [0.2, 0.25) is 0 Å². The Balaban J connectivity index is 2.78. The van der Waals surface area contributed by atoms with Crippen LogP contribution in [0, 0.1) is 5.92 Å². The largest absolute Gasteiger partial charge is 0.368 e. The molecule has 1 unspecified atom stereocenters. The number of amides is 1. The minimum absolute atomic E-state index is 0.331. The van der Waals surface area contributed by atoms with Crippen molar-refractivity contribution >= 4 is 17.7 Å². The highest BCUT2D eigenvalue weighted by Crippen LogP contribution is 2.19. The zero-order valence-electron chi connectivity index (χ0n) is 10.6. The van der Waals surface area contributed by atoms with Crippen molar-refractivity contribution in [2.45, 2.75) is 24.8 Å². The van der Waals surface area contributed by atoms with E-state index in [-0.39, 0.29) is 5.91 Å². The van der Waals surface area contributed by atoms with Crippen molar-refractivity contribution in [1.29, 1.82) is 0 Å². The van der Waals surface area contributed by atoms with Gasteiger partial charge in [0, 0.05) is 4.90 Å². The van der Waals surface area contributed by atoms with E-state index in [9.17, 15) is 4.79 Å². The number of carbonyl (C=O) groups is 1. The third-order valence-corrected chi connectivity index (χ3v) is 3.21. The first kappa shape index (κ1) is 14.1. The monoisotopic (exact) mass is 252 g/mol. The van der Waals surface area contributed by atoms with E-state index in [1.54, 1.807) is 11.8 Å². The highest BCUT2D eigenvalue weighted by atomic mass is 32.2. The predicted molar refractivity (Wildman–Crippen MR) is 73.0 cm³/mol. The normalized spacial score (nSPS) is 12.7. The molecule has 3 nitrogen and oxygen atoms in total. The van der Waals surface area contributed by atoms with Crippen LogP contribution in [-0.2, 0) is 4.79 Å². The molecular formula is C13H20N2OS. The molecule has 0 aliphatic rings. The van der Waals surface area contributed by atoms with Gasteiger partial charge in [-0.15, -0.1) is 11.8 Å². The van der Waals surface area contributed by atoms with Crippen LogP contribution in [0.15, 0.2) is 29.2 Å². The van der Waals surface area contributed by atoms with E-state index in [4.69, 9.17) is 5.73 Å². The Labute approximate surface area is 107 Å². The molecule has 0 saturated carbocycles. The molecule has 3 N–H and O–H groups in total. The number of nitrogens with one attached hydrogen (secondary N) is 1. The fourth-order valence-electron chi connectivity index (χ4n) is 1.53. The Morgan fingerprint density at radius 2 is 1.94 bits per heavy atom. The van der Waals surface area contributed by atoms with Crippen molar-refractivity contribution < 1.29 is 4.79 Å². The van der Waals surface area contributed by atoms with Crippen molar-refractivity contribution in [3.05, 3.63) is 29.8 Å². The van der Waals surface area contributed by atoms with Gasteiger partial charge in [-0.2, -0.15) is 0 Å². The van der Waals surface area contributed by atoms with E-state index < -0.39 is 6.04 Å². The molecule has 4 heteroatoms. The van der Waals surface area contributed by atoms with Crippen LogP contribution in [0.3, 0.4) is 0 Å². The second kappa shape index (κ2) is 6.67. The minimum atomic E-state index is -0.395. The molecule has 1 atom stereocenters. The van der Waals surface area contributed by atoms with Gasteiger partial charge < -0.3 is 11.1 Å². The first-order valence-corrected chi connectivity index (χ1v) is 6.93. The summed E-state index contributed by atoms with van der Waals surface area (Å²) in [4.78, 5) is 12.6. The fourth-order valence-corrected chi connectivity index (χ4v) is 1.94. The number of benzene rings is 1. The molecule has 0 spiro atoms. The van der Waals surface area contributed by atoms with Crippen molar-refractivity contribution in [1.82, 2.24) is 5.32 Å². The zero-order valence-corrected chi connectivity index (χ0v) is 11.4. The van der Waals surface area contributed by atoms with Crippen molar-refractivity contribution in [2.75, 3.05) is 12.8 Å². The maximum Gasteiger partial charge on any atom is 0.239 e. The molecule has 0 aliphatic carbocycles. The molecule has 1 rings (SSSR count). The van der Waals surface area contributed by atoms with E-state index in [2.05, 4.69) is 19.2 Å². The average Bonchev–Trinajstić information content (AvgIpc) is 2.29. The van der Waals surface area contributed by atoms with E-state index in [0.29, 0.717) is 5.92 Å². The number of nitrogens with two attached hydrogens (primary N) is 1. The van der Waals surface area contributed by atoms with Gasteiger partial charge in [-0.1, -0.05) is 26.0 Å². The van der Waals surface area contributed by atoms with Crippen LogP contribution in [0.4, 0.5) is 0 Å². The van der Waals surface area contributed by atoms with Crippen molar-refractivity contribution in [3.63, 3.8) is 0 Å². The molecule has 0 saturated heterocycles. The molecule has 17 heavy (non-hydrogen) atoms. The smallest absolute Gasteiger partial charge is 0.239 e. The minimum Gasteiger partial charge on any atom is -0.368 e. The molecule has 1 aromatic rings. The summed E-state index contributed by atoms with van der Waals surface area (Å²) in [7, 11) is 0. The Bertz CT molecular complexity index is 362. The Morgan fingerprint density at radius 3 is 2.35 bits per heavy atom. The molecule has 1 aromatic carbocycles. The summed E-state index contributed by atoms with van der Waals surface area (Å²) in [5, 5.41) is 3.19. The summed E-state index contributed by atoms with van der Waals surface area (Å²) >= 11 is 1.68. The number of rotatable bonds is 6. The summed E-state index contributed by atoms with van der Waals surface area (Å²) in [5.74, 6) is 0.157. The maximum absolute atomic E-state index is 11.4. The van der Waals surface area contributed by atoms with E-state index in [0.717, 1.165) is 12.1 Å². The van der Waals surface area contributed by atoms with Crippen LogP contribution in [-0.4, -0.2) is 18.7 Å². The lowest BCUT2D eigenvalue weighted by atomic mass is 10.1. The van der Waals surface area contributed by atoms with Crippen LogP contribution in [0.5, 0.6) is 0 Å². The Kier molecular flexibility index (Phi) is 5.51. The quantitative estimate of drug-likeness (QED) is 0.763. The van der Waals surface area contributed by atoms with E-state index in [1.807, 2.05) is 30.5 Å². The number of hydrogen-bond donors (Lipinski definition) is 2. The maximum atomic E-state index is 11.4. The molecule has 1 amide bonds. The van der Waals surface area contributed by atoms with Gasteiger partial charge in [0.2, 0.25) is 5.91 Å². The molecular weight excluding hydrogens is 232 g/mol. The SMILES string of the molecule is CSc1ccc(C(NCC(C)C)C(N)=O)cc1. The molecule has 0 aromatic heterocycles. The van der Waals surface area contributed by atoms with Gasteiger partial charge in [-0.3, -0.25) is 4.79 Å². The molecule has 0 aliphatic heterocycles. The number of primary amides is 1. The molecule has 0 radical (unpaired) electrons. The average molecular weight is 252 g/mol.